The summed E-state index contributed by atoms with van der Waals surface area (Å²) < 4.78 is 0. The smallest absolute Gasteiger partial charge is 0.0111 e. The van der Waals surface area contributed by atoms with E-state index in [1.807, 2.05) is 11.8 Å². The van der Waals surface area contributed by atoms with Crippen molar-refractivity contribution in [1.29, 1.82) is 0 Å². The molecule has 0 bridgehead atoms. The molecule has 0 spiro atoms. The van der Waals surface area contributed by atoms with Gasteiger partial charge < -0.3 is 10.6 Å². The van der Waals surface area contributed by atoms with Crippen LogP contribution in [0, 0.1) is 5.92 Å². The van der Waals surface area contributed by atoms with E-state index < -0.39 is 0 Å². The maximum atomic E-state index is 3.75. The minimum Gasteiger partial charge on any atom is -0.314 e. The molecule has 0 aromatic carbocycles. The summed E-state index contributed by atoms with van der Waals surface area (Å²) in [5.41, 5.74) is 0. The van der Waals surface area contributed by atoms with Crippen LogP contribution < -0.4 is 10.6 Å². The molecule has 88 valence electrons. The van der Waals surface area contributed by atoms with E-state index in [1.54, 1.807) is 0 Å². The Hall–Kier alpha value is 0.270. The Bertz CT molecular complexity index is 180. The molecule has 0 radical (unpaired) electrons. The van der Waals surface area contributed by atoms with Crippen LogP contribution in [0.25, 0.3) is 0 Å². The number of rotatable bonds is 5. The molecule has 2 fully saturated rings. The van der Waals surface area contributed by atoms with E-state index in [1.165, 1.54) is 50.9 Å². The molecule has 3 atom stereocenters. The van der Waals surface area contributed by atoms with Gasteiger partial charge in [-0.05, 0) is 44.4 Å². The normalized spacial score (nSPS) is 36.2. The molecule has 0 aromatic rings. The van der Waals surface area contributed by atoms with Crippen molar-refractivity contribution in [1.82, 2.24) is 10.6 Å². The lowest BCUT2D eigenvalue weighted by Crippen LogP contribution is -2.42. The first-order valence-corrected chi connectivity index (χ1v) is 7.77. The molecule has 1 aliphatic heterocycles. The largest absolute Gasteiger partial charge is 0.314 e. The Morgan fingerprint density at radius 2 is 2.20 bits per heavy atom. The first kappa shape index (κ1) is 11.7. The van der Waals surface area contributed by atoms with Crippen molar-refractivity contribution in [2.45, 2.75) is 44.2 Å². The second-order valence-electron chi connectivity index (χ2n) is 4.85. The van der Waals surface area contributed by atoms with Gasteiger partial charge in [-0.1, -0.05) is 6.42 Å². The highest BCUT2D eigenvalue weighted by Gasteiger charge is 2.34. The topological polar surface area (TPSA) is 24.1 Å². The summed E-state index contributed by atoms with van der Waals surface area (Å²) in [5, 5.41) is 7.42. The van der Waals surface area contributed by atoms with E-state index >= 15 is 0 Å². The zero-order valence-corrected chi connectivity index (χ0v) is 10.6. The van der Waals surface area contributed by atoms with Gasteiger partial charge in [0.1, 0.15) is 0 Å². The highest BCUT2D eigenvalue weighted by Crippen LogP contribution is 2.31. The summed E-state index contributed by atoms with van der Waals surface area (Å²) in [7, 11) is 0. The van der Waals surface area contributed by atoms with Crippen molar-refractivity contribution >= 4 is 11.8 Å². The summed E-state index contributed by atoms with van der Waals surface area (Å²) >= 11 is 1.94. The van der Waals surface area contributed by atoms with Crippen molar-refractivity contribution in [2.24, 2.45) is 5.92 Å². The predicted octanol–water partition coefficient (Wildman–Crippen LogP) is 1.86. The van der Waals surface area contributed by atoms with Gasteiger partial charge in [0.15, 0.2) is 0 Å². The molecule has 0 amide bonds. The van der Waals surface area contributed by atoms with Gasteiger partial charge in [0.05, 0.1) is 0 Å². The van der Waals surface area contributed by atoms with Gasteiger partial charge in [0.25, 0.3) is 0 Å². The van der Waals surface area contributed by atoms with Crippen LogP contribution in [0.5, 0.6) is 0 Å². The van der Waals surface area contributed by atoms with Gasteiger partial charge >= 0.3 is 0 Å². The maximum absolute atomic E-state index is 3.75. The van der Waals surface area contributed by atoms with Gasteiger partial charge in [-0.3, -0.25) is 0 Å². The number of thioether (sulfide) groups is 1. The fraction of sp³-hybridized carbons (Fsp3) is 1.00. The third-order valence-corrected chi connectivity index (χ3v) is 4.51. The summed E-state index contributed by atoms with van der Waals surface area (Å²) in [4.78, 5) is 0. The van der Waals surface area contributed by atoms with Crippen molar-refractivity contribution in [3.05, 3.63) is 0 Å². The summed E-state index contributed by atoms with van der Waals surface area (Å²) in [6, 6.07) is 1.62. The zero-order valence-electron chi connectivity index (χ0n) is 9.80. The Balaban J connectivity index is 1.76. The maximum Gasteiger partial charge on any atom is 0.0111 e. The monoisotopic (exact) mass is 228 g/mol. The van der Waals surface area contributed by atoms with E-state index in [2.05, 4.69) is 16.9 Å². The van der Waals surface area contributed by atoms with Gasteiger partial charge in [-0.25, -0.2) is 0 Å². The number of hydrogen-bond acceptors (Lipinski definition) is 3. The zero-order chi connectivity index (χ0) is 10.5. The number of hydrogen-bond donors (Lipinski definition) is 2. The van der Waals surface area contributed by atoms with Crippen LogP contribution in [0.2, 0.25) is 0 Å². The third-order valence-electron chi connectivity index (χ3n) is 3.90. The lowest BCUT2D eigenvalue weighted by molar-refractivity contribution is 0.325. The first-order chi connectivity index (χ1) is 7.42. The molecular weight excluding hydrogens is 204 g/mol. The average molecular weight is 228 g/mol. The summed E-state index contributed by atoms with van der Waals surface area (Å²) in [6.07, 6.45) is 9.25. The molecular formula is C12H24N2S. The van der Waals surface area contributed by atoms with Crippen LogP contribution in [0.15, 0.2) is 0 Å². The molecule has 1 heterocycles. The molecule has 2 rings (SSSR count). The Morgan fingerprint density at radius 1 is 1.27 bits per heavy atom. The highest BCUT2D eigenvalue weighted by atomic mass is 32.2. The fourth-order valence-electron chi connectivity index (χ4n) is 3.15. The SMILES string of the molecule is CSCCNC1CCCC1C1CCCN1. The van der Waals surface area contributed by atoms with Crippen molar-refractivity contribution in [3.63, 3.8) is 0 Å². The van der Waals surface area contributed by atoms with Crippen LogP contribution in [-0.4, -0.2) is 37.2 Å². The Morgan fingerprint density at radius 3 is 2.93 bits per heavy atom. The molecule has 15 heavy (non-hydrogen) atoms. The van der Waals surface area contributed by atoms with Gasteiger partial charge in [-0.15, -0.1) is 0 Å². The fourth-order valence-corrected chi connectivity index (χ4v) is 3.47. The lowest BCUT2D eigenvalue weighted by atomic mass is 9.93. The van der Waals surface area contributed by atoms with Crippen molar-refractivity contribution in [2.75, 3.05) is 25.1 Å². The number of nitrogens with one attached hydrogen (secondary N) is 2. The highest BCUT2D eigenvalue weighted by molar-refractivity contribution is 7.98. The molecule has 2 aliphatic rings. The van der Waals surface area contributed by atoms with Crippen LogP contribution >= 0.6 is 11.8 Å². The van der Waals surface area contributed by atoms with Crippen LogP contribution in [0.4, 0.5) is 0 Å². The molecule has 1 aliphatic carbocycles. The van der Waals surface area contributed by atoms with Crippen LogP contribution in [0.1, 0.15) is 32.1 Å². The summed E-state index contributed by atoms with van der Waals surface area (Å²) in [6.45, 7) is 2.44. The Labute approximate surface area is 98.0 Å². The second-order valence-corrected chi connectivity index (χ2v) is 5.84. The lowest BCUT2D eigenvalue weighted by Gasteiger charge is -2.26. The molecule has 0 aromatic heterocycles. The van der Waals surface area contributed by atoms with E-state index in [0.29, 0.717) is 0 Å². The summed E-state index contributed by atoms with van der Waals surface area (Å²) in [5.74, 6) is 2.16. The molecule has 1 saturated heterocycles. The minimum atomic E-state index is 0.799. The predicted molar refractivity (Wildman–Crippen MR) is 68.5 cm³/mol. The van der Waals surface area contributed by atoms with E-state index in [0.717, 1.165) is 18.0 Å². The van der Waals surface area contributed by atoms with Crippen LogP contribution in [-0.2, 0) is 0 Å². The van der Waals surface area contributed by atoms with E-state index in [4.69, 9.17) is 0 Å². The Kier molecular flexibility index (Phi) is 4.79. The van der Waals surface area contributed by atoms with Gasteiger partial charge in [0, 0.05) is 24.4 Å². The van der Waals surface area contributed by atoms with Gasteiger partial charge in [-0.2, -0.15) is 11.8 Å². The molecule has 2 N–H and O–H groups in total. The van der Waals surface area contributed by atoms with E-state index in [-0.39, 0.29) is 0 Å². The van der Waals surface area contributed by atoms with Crippen LogP contribution in [0.3, 0.4) is 0 Å². The molecule has 1 saturated carbocycles. The van der Waals surface area contributed by atoms with Crippen molar-refractivity contribution < 1.29 is 0 Å². The standard InChI is InChI=1S/C12H24N2S/c1-15-9-8-14-11-5-2-4-10(11)12-6-3-7-13-12/h10-14H,2-9H2,1H3. The average Bonchev–Trinajstić information content (AvgIpc) is 2.87. The minimum absolute atomic E-state index is 0.799. The van der Waals surface area contributed by atoms with E-state index in [9.17, 15) is 0 Å². The molecule has 3 heteroatoms. The molecule has 2 nitrogen and oxygen atoms in total. The third kappa shape index (κ3) is 3.11. The second kappa shape index (κ2) is 6.12. The first-order valence-electron chi connectivity index (χ1n) is 6.37. The van der Waals surface area contributed by atoms with Gasteiger partial charge in [0.2, 0.25) is 0 Å². The van der Waals surface area contributed by atoms with Crippen molar-refractivity contribution in [3.8, 4) is 0 Å². The molecule has 3 unspecified atom stereocenters. The quantitative estimate of drug-likeness (QED) is 0.702.